The molecule has 0 aromatic heterocycles. The van der Waals surface area contributed by atoms with Crippen molar-refractivity contribution in [1.82, 2.24) is 0 Å². The van der Waals surface area contributed by atoms with Crippen LogP contribution >= 0.6 is 23.2 Å². The molecule has 0 fully saturated rings. The third-order valence-electron chi connectivity index (χ3n) is 3.55. The Bertz CT molecular complexity index is 891. The van der Waals surface area contributed by atoms with Gasteiger partial charge in [0.25, 0.3) is 5.91 Å². The summed E-state index contributed by atoms with van der Waals surface area (Å²) in [6.07, 6.45) is 0. The first-order valence-electron chi connectivity index (χ1n) is 7.62. The summed E-state index contributed by atoms with van der Waals surface area (Å²) < 4.78 is 5.72. The lowest BCUT2D eigenvalue weighted by molar-refractivity contribution is 0.102. The molecule has 3 nitrogen and oxygen atoms in total. The Morgan fingerprint density at radius 1 is 0.920 bits per heavy atom. The van der Waals surface area contributed by atoms with Crippen LogP contribution in [-0.4, -0.2) is 5.91 Å². The smallest absolute Gasteiger partial charge is 0.255 e. The molecule has 3 rings (SSSR count). The van der Waals surface area contributed by atoms with E-state index in [0.717, 1.165) is 5.56 Å². The molecule has 0 saturated heterocycles. The van der Waals surface area contributed by atoms with Crippen molar-refractivity contribution in [2.45, 2.75) is 6.92 Å². The van der Waals surface area contributed by atoms with Crippen LogP contribution in [0.3, 0.4) is 0 Å². The Hall–Kier alpha value is -2.49. The van der Waals surface area contributed by atoms with E-state index in [9.17, 15) is 4.79 Å². The molecule has 5 heteroatoms. The van der Waals surface area contributed by atoms with Gasteiger partial charge < -0.3 is 10.1 Å². The Morgan fingerprint density at radius 3 is 2.24 bits per heavy atom. The molecule has 0 aliphatic rings. The first-order valence-corrected chi connectivity index (χ1v) is 8.38. The highest BCUT2D eigenvalue weighted by atomic mass is 35.5. The van der Waals surface area contributed by atoms with E-state index >= 15 is 0 Å². The van der Waals surface area contributed by atoms with Crippen molar-refractivity contribution in [3.63, 3.8) is 0 Å². The van der Waals surface area contributed by atoms with Gasteiger partial charge in [-0.05, 0) is 61.5 Å². The fraction of sp³-hybridized carbons (Fsp3) is 0.0500. The molecular formula is C20H15Cl2NO2. The van der Waals surface area contributed by atoms with Gasteiger partial charge in [0.05, 0.1) is 5.02 Å². The Labute approximate surface area is 156 Å². The molecule has 0 bridgehead atoms. The monoisotopic (exact) mass is 371 g/mol. The molecule has 0 heterocycles. The third kappa shape index (κ3) is 4.53. The van der Waals surface area contributed by atoms with E-state index < -0.39 is 0 Å². The van der Waals surface area contributed by atoms with Crippen molar-refractivity contribution in [1.29, 1.82) is 0 Å². The Kier molecular flexibility index (Phi) is 5.27. The van der Waals surface area contributed by atoms with E-state index in [2.05, 4.69) is 5.32 Å². The molecule has 126 valence electrons. The quantitative estimate of drug-likeness (QED) is 0.580. The van der Waals surface area contributed by atoms with Crippen LogP contribution in [-0.2, 0) is 0 Å². The highest BCUT2D eigenvalue weighted by Crippen LogP contribution is 2.31. The van der Waals surface area contributed by atoms with Gasteiger partial charge in [0.1, 0.15) is 11.5 Å². The predicted octanol–water partition coefficient (Wildman–Crippen LogP) is 6.35. The van der Waals surface area contributed by atoms with E-state index in [1.165, 1.54) is 0 Å². The molecule has 0 atom stereocenters. The maximum atomic E-state index is 12.2. The van der Waals surface area contributed by atoms with Gasteiger partial charge in [-0.15, -0.1) is 0 Å². The van der Waals surface area contributed by atoms with Gasteiger partial charge in [0, 0.05) is 16.3 Å². The number of halogens is 2. The second kappa shape index (κ2) is 7.60. The molecule has 1 N–H and O–H groups in total. The summed E-state index contributed by atoms with van der Waals surface area (Å²) in [6, 6.07) is 19.5. The Morgan fingerprint density at radius 2 is 1.60 bits per heavy atom. The van der Waals surface area contributed by atoms with Crippen molar-refractivity contribution >= 4 is 34.8 Å². The van der Waals surface area contributed by atoms with Crippen LogP contribution in [0, 0.1) is 6.92 Å². The first kappa shape index (κ1) is 17.3. The summed E-state index contributed by atoms with van der Waals surface area (Å²) in [7, 11) is 0. The van der Waals surface area contributed by atoms with Crippen molar-refractivity contribution in [2.24, 2.45) is 0 Å². The summed E-state index contributed by atoms with van der Waals surface area (Å²) in [5.41, 5.74) is 2.40. The summed E-state index contributed by atoms with van der Waals surface area (Å²) in [4.78, 5) is 12.2. The molecule has 0 aliphatic heterocycles. The lowest BCUT2D eigenvalue weighted by atomic mass is 10.1. The van der Waals surface area contributed by atoms with E-state index in [1.54, 1.807) is 54.6 Å². The lowest BCUT2D eigenvalue weighted by Crippen LogP contribution is -2.11. The van der Waals surface area contributed by atoms with Crippen molar-refractivity contribution in [3.8, 4) is 11.5 Å². The van der Waals surface area contributed by atoms with Crippen LogP contribution < -0.4 is 10.1 Å². The molecule has 0 unspecified atom stereocenters. The number of nitrogens with one attached hydrogen (secondary N) is 1. The van der Waals surface area contributed by atoms with Crippen LogP contribution in [0.1, 0.15) is 15.9 Å². The first-order chi connectivity index (χ1) is 12.0. The summed E-state index contributed by atoms with van der Waals surface area (Å²) in [5, 5.41) is 3.83. The maximum Gasteiger partial charge on any atom is 0.255 e. The fourth-order valence-corrected chi connectivity index (χ4v) is 2.65. The molecule has 0 aliphatic carbocycles. The van der Waals surface area contributed by atoms with Crippen LogP contribution in [0.2, 0.25) is 10.0 Å². The number of rotatable bonds is 4. The molecule has 0 saturated carbocycles. The van der Waals surface area contributed by atoms with E-state index in [-0.39, 0.29) is 5.91 Å². The van der Waals surface area contributed by atoms with E-state index in [1.807, 2.05) is 19.1 Å². The van der Waals surface area contributed by atoms with Gasteiger partial charge in [0.2, 0.25) is 0 Å². The van der Waals surface area contributed by atoms with Crippen LogP contribution in [0.15, 0.2) is 66.7 Å². The lowest BCUT2D eigenvalue weighted by Gasteiger charge is -2.09. The number of anilines is 1. The average molecular weight is 372 g/mol. The number of carbonyl (C=O) groups is 1. The minimum Gasteiger partial charge on any atom is -0.456 e. The molecule has 0 radical (unpaired) electrons. The van der Waals surface area contributed by atoms with Crippen molar-refractivity contribution in [3.05, 3.63) is 87.9 Å². The molecule has 25 heavy (non-hydrogen) atoms. The normalized spacial score (nSPS) is 10.4. The molecule has 3 aromatic carbocycles. The van der Waals surface area contributed by atoms with Crippen molar-refractivity contribution in [2.75, 3.05) is 5.32 Å². The largest absolute Gasteiger partial charge is 0.456 e. The number of amides is 1. The molecule has 1 amide bonds. The zero-order valence-electron chi connectivity index (χ0n) is 13.4. The predicted molar refractivity (Wildman–Crippen MR) is 102 cm³/mol. The molecule has 3 aromatic rings. The van der Waals surface area contributed by atoms with E-state index in [4.69, 9.17) is 27.9 Å². The van der Waals surface area contributed by atoms with Gasteiger partial charge in [-0.3, -0.25) is 4.79 Å². The standard InChI is InChI=1S/C20H15Cl2NO2/c1-13-2-4-14(5-3-13)20(24)23-16-7-9-17(10-8-16)25-19-11-6-15(21)12-18(19)22/h2-12H,1H3,(H,23,24). The summed E-state index contributed by atoms with van der Waals surface area (Å²) >= 11 is 12.0. The number of ether oxygens (including phenoxy) is 1. The molecule has 0 spiro atoms. The van der Waals surface area contributed by atoms with Crippen LogP contribution in [0.5, 0.6) is 11.5 Å². The van der Waals surface area contributed by atoms with Gasteiger partial charge in [-0.2, -0.15) is 0 Å². The van der Waals surface area contributed by atoms with Crippen molar-refractivity contribution < 1.29 is 9.53 Å². The number of aryl methyl sites for hydroxylation is 1. The van der Waals surface area contributed by atoms with Gasteiger partial charge >= 0.3 is 0 Å². The maximum absolute atomic E-state index is 12.2. The van der Waals surface area contributed by atoms with Crippen LogP contribution in [0.4, 0.5) is 5.69 Å². The number of hydrogen-bond acceptors (Lipinski definition) is 2. The topological polar surface area (TPSA) is 38.3 Å². The van der Waals surface area contributed by atoms with Gasteiger partial charge in [0.15, 0.2) is 0 Å². The minimum absolute atomic E-state index is 0.158. The second-order valence-corrected chi connectivity index (χ2v) is 6.36. The summed E-state index contributed by atoms with van der Waals surface area (Å²) in [5.74, 6) is 0.967. The second-order valence-electron chi connectivity index (χ2n) is 5.52. The third-order valence-corrected chi connectivity index (χ3v) is 4.08. The fourth-order valence-electron chi connectivity index (χ4n) is 2.20. The van der Waals surface area contributed by atoms with Crippen LogP contribution in [0.25, 0.3) is 0 Å². The molecular weight excluding hydrogens is 357 g/mol. The number of benzene rings is 3. The SMILES string of the molecule is Cc1ccc(C(=O)Nc2ccc(Oc3ccc(Cl)cc3Cl)cc2)cc1. The zero-order chi connectivity index (χ0) is 17.8. The van der Waals surface area contributed by atoms with Gasteiger partial charge in [-0.1, -0.05) is 40.9 Å². The highest BCUT2D eigenvalue weighted by molar-refractivity contribution is 6.35. The number of hydrogen-bond donors (Lipinski definition) is 1. The zero-order valence-corrected chi connectivity index (χ0v) is 14.9. The minimum atomic E-state index is -0.158. The van der Waals surface area contributed by atoms with E-state index in [0.29, 0.717) is 32.8 Å². The van der Waals surface area contributed by atoms with Gasteiger partial charge in [-0.25, -0.2) is 0 Å². The number of carbonyl (C=O) groups excluding carboxylic acids is 1. The highest BCUT2D eigenvalue weighted by Gasteiger charge is 2.07. The average Bonchev–Trinajstić information content (AvgIpc) is 2.59. The Balaban J connectivity index is 1.67. The summed E-state index contributed by atoms with van der Waals surface area (Å²) in [6.45, 7) is 1.98.